The number of aliphatic hydroxyl groups excluding tert-OH is 1. The van der Waals surface area contributed by atoms with Gasteiger partial charge in [-0.3, -0.25) is 9.42 Å². The summed E-state index contributed by atoms with van der Waals surface area (Å²) in [7, 11) is -4.69. The van der Waals surface area contributed by atoms with Gasteiger partial charge in [-0.1, -0.05) is 48.2 Å². The molecule has 3 aromatic rings. The topological polar surface area (TPSA) is 132 Å². The number of benzene rings is 2. The van der Waals surface area contributed by atoms with Gasteiger partial charge in [-0.25, -0.2) is 9.55 Å². The first-order chi connectivity index (χ1) is 17.2. The van der Waals surface area contributed by atoms with E-state index in [9.17, 15) is 9.67 Å². The van der Waals surface area contributed by atoms with E-state index in [1.807, 2.05) is 24.3 Å². The Morgan fingerprint density at radius 1 is 1.14 bits per heavy atom. The lowest BCUT2D eigenvalue weighted by atomic mass is 9.90. The second-order valence-corrected chi connectivity index (χ2v) is 9.93. The standard InChI is InChI=1S/C26H27N4O5P/c1-19(31)26-28-13-15-30(26)25(18-35-36(32,33)34)11-4-20-2-5-21(6-3-20)22-7-9-23(10-8-22)24-16-29(17-24)14-12-27/h2-3,5-10,13,15,19,24-25,31H,14,16-18H2,1H3,(H2,32,33,34)/t19-,25-/m0/s1. The minimum atomic E-state index is -4.69. The minimum Gasteiger partial charge on any atom is -0.385 e. The van der Waals surface area contributed by atoms with Gasteiger partial charge in [0.2, 0.25) is 0 Å². The molecule has 36 heavy (non-hydrogen) atoms. The Labute approximate surface area is 209 Å². The van der Waals surface area contributed by atoms with Crippen LogP contribution in [0.1, 0.15) is 41.9 Å². The predicted octanol–water partition coefficient (Wildman–Crippen LogP) is 3.23. The van der Waals surface area contributed by atoms with Gasteiger partial charge >= 0.3 is 7.82 Å². The Hall–Kier alpha value is -3.27. The highest BCUT2D eigenvalue weighted by Crippen LogP contribution is 2.37. The number of phosphoric acid groups is 1. The number of phosphoric ester groups is 1. The van der Waals surface area contributed by atoms with Crippen LogP contribution < -0.4 is 0 Å². The van der Waals surface area contributed by atoms with Gasteiger partial charge in [0, 0.05) is 37.0 Å². The van der Waals surface area contributed by atoms with Crippen LogP contribution in [0.4, 0.5) is 0 Å². The monoisotopic (exact) mass is 506 g/mol. The van der Waals surface area contributed by atoms with Gasteiger partial charge in [-0.05, 0) is 35.7 Å². The quantitative estimate of drug-likeness (QED) is 0.241. The van der Waals surface area contributed by atoms with Crippen LogP contribution in [0.5, 0.6) is 0 Å². The molecule has 0 saturated carbocycles. The summed E-state index contributed by atoms with van der Waals surface area (Å²) >= 11 is 0. The summed E-state index contributed by atoms with van der Waals surface area (Å²) in [5.74, 6) is 6.80. The molecule has 0 unspecified atom stereocenters. The second-order valence-electron chi connectivity index (χ2n) is 8.69. The van der Waals surface area contributed by atoms with Crippen molar-refractivity contribution >= 4 is 7.82 Å². The number of aromatic nitrogens is 2. The second kappa shape index (κ2) is 11.2. The minimum absolute atomic E-state index is 0.321. The fraction of sp³-hybridized carbons (Fsp3) is 0.308. The highest BCUT2D eigenvalue weighted by Gasteiger charge is 2.27. The third-order valence-corrected chi connectivity index (χ3v) is 6.53. The van der Waals surface area contributed by atoms with E-state index in [2.05, 4.69) is 56.6 Å². The number of hydrogen-bond acceptors (Lipinski definition) is 6. The molecule has 186 valence electrons. The third-order valence-electron chi connectivity index (χ3n) is 6.04. The first kappa shape index (κ1) is 25.8. The summed E-state index contributed by atoms with van der Waals surface area (Å²) < 4.78 is 17.5. The van der Waals surface area contributed by atoms with Crippen molar-refractivity contribution in [3.8, 4) is 29.0 Å². The molecule has 1 aliphatic heterocycles. The SMILES string of the molecule is C[C@H](O)c1nccn1[C@@H](C#Cc1ccc(-c2ccc(C3CN(CC#N)C3)cc2)cc1)COP(=O)(O)O. The van der Waals surface area contributed by atoms with E-state index >= 15 is 0 Å². The Kier molecular flexibility index (Phi) is 8.03. The molecule has 0 radical (unpaired) electrons. The highest BCUT2D eigenvalue weighted by atomic mass is 31.2. The summed E-state index contributed by atoms with van der Waals surface area (Å²) in [6.07, 6.45) is 2.19. The number of imidazole rings is 1. The molecule has 3 N–H and O–H groups in total. The van der Waals surface area contributed by atoms with E-state index in [1.165, 1.54) is 11.8 Å². The van der Waals surface area contributed by atoms with E-state index in [0.717, 1.165) is 29.8 Å². The molecule has 1 aromatic heterocycles. The number of aliphatic hydroxyl groups is 1. The highest BCUT2D eigenvalue weighted by molar-refractivity contribution is 7.46. The number of hydrogen-bond donors (Lipinski definition) is 3. The smallest absolute Gasteiger partial charge is 0.385 e. The summed E-state index contributed by atoms with van der Waals surface area (Å²) in [4.78, 5) is 24.5. The fourth-order valence-electron chi connectivity index (χ4n) is 4.14. The van der Waals surface area contributed by atoms with Gasteiger partial charge in [-0.2, -0.15) is 5.26 Å². The Morgan fingerprint density at radius 3 is 2.36 bits per heavy atom. The average Bonchev–Trinajstić information content (AvgIpc) is 3.31. The Morgan fingerprint density at radius 2 is 1.78 bits per heavy atom. The van der Waals surface area contributed by atoms with Gasteiger partial charge in [-0.15, -0.1) is 0 Å². The molecule has 2 atom stereocenters. The van der Waals surface area contributed by atoms with Crippen molar-refractivity contribution in [1.82, 2.24) is 14.5 Å². The van der Waals surface area contributed by atoms with Gasteiger partial charge < -0.3 is 19.5 Å². The maximum Gasteiger partial charge on any atom is 0.469 e. The van der Waals surface area contributed by atoms with Crippen LogP contribution in [-0.2, 0) is 9.09 Å². The molecule has 1 fully saturated rings. The van der Waals surface area contributed by atoms with Crippen LogP contribution >= 0.6 is 7.82 Å². The van der Waals surface area contributed by atoms with Crippen molar-refractivity contribution in [2.24, 2.45) is 0 Å². The normalized spacial score (nSPS) is 15.9. The van der Waals surface area contributed by atoms with Crippen LogP contribution in [0.2, 0.25) is 0 Å². The van der Waals surface area contributed by atoms with Crippen LogP contribution in [0.25, 0.3) is 11.1 Å². The number of nitrogens with zero attached hydrogens (tertiary/aromatic N) is 4. The van der Waals surface area contributed by atoms with E-state index in [0.29, 0.717) is 18.3 Å². The zero-order chi connectivity index (χ0) is 25.7. The Bertz CT molecular complexity index is 1320. The van der Waals surface area contributed by atoms with Crippen molar-refractivity contribution in [3.63, 3.8) is 0 Å². The zero-order valence-electron chi connectivity index (χ0n) is 19.7. The maximum atomic E-state index is 11.2. The lowest BCUT2D eigenvalue weighted by molar-refractivity contribution is 0.165. The molecule has 4 rings (SSSR count). The first-order valence-corrected chi connectivity index (χ1v) is 13.0. The van der Waals surface area contributed by atoms with Crippen molar-refractivity contribution in [3.05, 3.63) is 77.9 Å². The molecule has 0 aliphatic carbocycles. The lowest BCUT2D eigenvalue weighted by Gasteiger charge is -2.37. The predicted molar refractivity (Wildman–Crippen MR) is 133 cm³/mol. The molecule has 2 heterocycles. The number of nitriles is 1. The molecule has 10 heteroatoms. The first-order valence-electron chi connectivity index (χ1n) is 11.5. The number of likely N-dealkylation sites (tertiary alicyclic amines) is 1. The third kappa shape index (κ3) is 6.48. The summed E-state index contributed by atoms with van der Waals surface area (Å²) in [5, 5.41) is 18.7. The van der Waals surface area contributed by atoms with Gasteiger partial charge in [0.05, 0.1) is 19.2 Å². The van der Waals surface area contributed by atoms with Gasteiger partial charge in [0.15, 0.2) is 0 Å². The van der Waals surface area contributed by atoms with Crippen LogP contribution in [0.3, 0.4) is 0 Å². The largest absolute Gasteiger partial charge is 0.469 e. The summed E-state index contributed by atoms with van der Waals surface area (Å²) in [6.45, 7) is 3.49. The molecule has 0 spiro atoms. The molecular weight excluding hydrogens is 479 g/mol. The van der Waals surface area contributed by atoms with E-state index in [-0.39, 0.29) is 6.61 Å². The average molecular weight is 506 g/mol. The van der Waals surface area contributed by atoms with Crippen LogP contribution in [0.15, 0.2) is 60.9 Å². The molecule has 0 bridgehead atoms. The van der Waals surface area contributed by atoms with Crippen LogP contribution in [0, 0.1) is 23.2 Å². The molecule has 9 nitrogen and oxygen atoms in total. The Balaban J connectivity index is 1.47. The maximum absolute atomic E-state index is 11.2. The van der Waals surface area contributed by atoms with E-state index in [1.54, 1.807) is 17.7 Å². The van der Waals surface area contributed by atoms with Crippen molar-refractivity contribution in [2.75, 3.05) is 26.2 Å². The van der Waals surface area contributed by atoms with Crippen molar-refractivity contribution < 1.29 is 24.0 Å². The zero-order valence-corrected chi connectivity index (χ0v) is 20.6. The molecule has 2 aromatic carbocycles. The van der Waals surface area contributed by atoms with Crippen molar-refractivity contribution in [1.29, 1.82) is 5.26 Å². The molecule has 1 aliphatic rings. The van der Waals surface area contributed by atoms with Crippen LogP contribution in [-0.4, -0.2) is 55.6 Å². The lowest BCUT2D eigenvalue weighted by Crippen LogP contribution is -2.44. The van der Waals surface area contributed by atoms with Gasteiger partial charge in [0.1, 0.15) is 18.0 Å². The molecule has 1 saturated heterocycles. The van der Waals surface area contributed by atoms with Crippen molar-refractivity contribution in [2.45, 2.75) is 25.0 Å². The van der Waals surface area contributed by atoms with E-state index in [4.69, 9.17) is 15.0 Å². The van der Waals surface area contributed by atoms with E-state index < -0.39 is 20.0 Å². The summed E-state index contributed by atoms with van der Waals surface area (Å²) in [6, 6.07) is 17.6. The molecule has 0 amide bonds. The number of rotatable bonds is 8. The fourth-order valence-corrected chi connectivity index (χ4v) is 4.48. The molecular formula is C26H27N4O5P. The van der Waals surface area contributed by atoms with Gasteiger partial charge in [0.25, 0.3) is 0 Å². The summed E-state index contributed by atoms with van der Waals surface area (Å²) in [5.41, 5.74) is 4.12.